The molecule has 0 aromatic heterocycles. The highest BCUT2D eigenvalue weighted by Gasteiger charge is 2.41. The van der Waals surface area contributed by atoms with Gasteiger partial charge in [-0.2, -0.15) is 0 Å². The molecule has 4 rings (SSSR count). The smallest absolute Gasteiger partial charge is 0.277 e. The van der Waals surface area contributed by atoms with Crippen LogP contribution < -0.4 is 0 Å². The van der Waals surface area contributed by atoms with Gasteiger partial charge in [0.2, 0.25) is 0 Å². The lowest BCUT2D eigenvalue weighted by molar-refractivity contribution is -0.384. The zero-order chi connectivity index (χ0) is 22.8. The summed E-state index contributed by atoms with van der Waals surface area (Å²) in [4.78, 5) is 40.6. The van der Waals surface area contributed by atoms with Gasteiger partial charge in [0, 0.05) is 36.8 Å². The summed E-state index contributed by atoms with van der Waals surface area (Å²) in [7, 11) is 0. The van der Waals surface area contributed by atoms with Crippen molar-refractivity contribution < 1.29 is 14.5 Å². The molecule has 0 aliphatic carbocycles. The van der Waals surface area contributed by atoms with E-state index in [0.717, 1.165) is 18.4 Å². The Bertz CT molecular complexity index is 1070. The van der Waals surface area contributed by atoms with Crippen LogP contribution >= 0.6 is 11.6 Å². The van der Waals surface area contributed by atoms with Gasteiger partial charge in [-0.05, 0) is 60.6 Å². The van der Waals surface area contributed by atoms with Crippen molar-refractivity contribution in [2.24, 2.45) is 5.92 Å². The topological polar surface area (TPSA) is 83.8 Å². The number of benzene rings is 2. The molecule has 2 aromatic rings. The van der Waals surface area contributed by atoms with E-state index < -0.39 is 4.92 Å². The highest BCUT2D eigenvalue weighted by molar-refractivity contribution is 6.35. The molecule has 0 atom stereocenters. The minimum Gasteiger partial charge on any atom is -0.366 e. The van der Waals surface area contributed by atoms with Crippen LogP contribution in [-0.4, -0.2) is 46.2 Å². The van der Waals surface area contributed by atoms with Gasteiger partial charge in [-0.15, -0.1) is 0 Å². The van der Waals surface area contributed by atoms with Crippen LogP contribution in [0.25, 0.3) is 5.57 Å². The fraction of sp³-hybridized carbons (Fsp3) is 0.333. The molecule has 7 nitrogen and oxygen atoms in total. The lowest BCUT2D eigenvalue weighted by Crippen LogP contribution is -2.39. The molecule has 0 spiro atoms. The van der Waals surface area contributed by atoms with Gasteiger partial charge in [-0.1, -0.05) is 30.7 Å². The van der Waals surface area contributed by atoms with Crippen molar-refractivity contribution in [3.63, 3.8) is 0 Å². The summed E-state index contributed by atoms with van der Waals surface area (Å²) in [6.07, 6.45) is 2.42. The highest BCUT2D eigenvalue weighted by Crippen LogP contribution is 2.34. The van der Waals surface area contributed by atoms with Crippen LogP contribution in [0.1, 0.15) is 30.9 Å². The first kappa shape index (κ1) is 22.0. The van der Waals surface area contributed by atoms with Crippen molar-refractivity contribution in [3.8, 4) is 0 Å². The maximum Gasteiger partial charge on any atom is 0.277 e. The largest absolute Gasteiger partial charge is 0.366 e. The number of halogens is 1. The number of nitro groups is 1. The van der Waals surface area contributed by atoms with Crippen LogP contribution in [0.4, 0.5) is 5.69 Å². The molecule has 1 fully saturated rings. The number of nitro benzene ring substituents is 1. The van der Waals surface area contributed by atoms with Gasteiger partial charge >= 0.3 is 0 Å². The zero-order valence-corrected chi connectivity index (χ0v) is 18.5. The number of piperidine rings is 1. The Morgan fingerprint density at radius 1 is 1.00 bits per heavy atom. The molecule has 0 radical (unpaired) electrons. The Morgan fingerprint density at radius 2 is 1.62 bits per heavy atom. The van der Waals surface area contributed by atoms with Gasteiger partial charge in [0.25, 0.3) is 17.5 Å². The van der Waals surface area contributed by atoms with Crippen molar-refractivity contribution in [1.29, 1.82) is 0 Å². The number of hydrogen-bond acceptors (Lipinski definition) is 5. The van der Waals surface area contributed by atoms with Crippen LogP contribution in [0.15, 0.2) is 54.2 Å². The van der Waals surface area contributed by atoms with Crippen LogP contribution in [0.5, 0.6) is 0 Å². The SMILES string of the molecule is CC1CCN(C2=C(c3ccc([N+](=O)[O-])cc3)C(=O)N(CCc3ccc(Cl)cc3)C2=O)CC1. The van der Waals surface area contributed by atoms with E-state index in [1.165, 1.54) is 17.0 Å². The third-order valence-electron chi connectivity index (χ3n) is 6.15. The number of carbonyl (C=O) groups excluding carboxylic acids is 2. The predicted octanol–water partition coefficient (Wildman–Crippen LogP) is 4.30. The number of likely N-dealkylation sites (tertiary alicyclic amines) is 1. The third kappa shape index (κ3) is 4.39. The van der Waals surface area contributed by atoms with E-state index in [1.807, 2.05) is 17.0 Å². The molecule has 8 heteroatoms. The fourth-order valence-corrected chi connectivity index (χ4v) is 4.32. The van der Waals surface area contributed by atoms with E-state index in [4.69, 9.17) is 11.6 Å². The fourth-order valence-electron chi connectivity index (χ4n) is 4.19. The second-order valence-electron chi connectivity index (χ2n) is 8.34. The molecule has 2 heterocycles. The zero-order valence-electron chi connectivity index (χ0n) is 17.8. The molecular weight excluding hydrogens is 430 g/mol. The number of nitrogens with zero attached hydrogens (tertiary/aromatic N) is 3. The highest BCUT2D eigenvalue weighted by atomic mass is 35.5. The maximum absolute atomic E-state index is 13.4. The van der Waals surface area contributed by atoms with Gasteiger partial charge < -0.3 is 4.90 Å². The summed E-state index contributed by atoms with van der Waals surface area (Å²) in [5.74, 6) is -0.0822. The molecule has 2 amide bonds. The van der Waals surface area contributed by atoms with Gasteiger partial charge in [0.1, 0.15) is 5.70 Å². The molecule has 2 aliphatic rings. The lowest BCUT2D eigenvalue weighted by Gasteiger charge is -2.32. The predicted molar refractivity (Wildman–Crippen MR) is 122 cm³/mol. The molecule has 166 valence electrons. The first-order chi connectivity index (χ1) is 15.3. The van der Waals surface area contributed by atoms with Crippen molar-refractivity contribution >= 4 is 34.7 Å². The van der Waals surface area contributed by atoms with Gasteiger partial charge in [-0.25, -0.2) is 0 Å². The summed E-state index contributed by atoms with van der Waals surface area (Å²) < 4.78 is 0. The van der Waals surface area contributed by atoms with E-state index in [9.17, 15) is 19.7 Å². The van der Waals surface area contributed by atoms with Crippen molar-refractivity contribution in [3.05, 3.63) is 80.5 Å². The Hall–Kier alpha value is -3.19. The Balaban J connectivity index is 1.64. The van der Waals surface area contributed by atoms with Gasteiger partial charge in [0.05, 0.1) is 10.5 Å². The van der Waals surface area contributed by atoms with Crippen LogP contribution in [0.3, 0.4) is 0 Å². The summed E-state index contributed by atoms with van der Waals surface area (Å²) in [5, 5.41) is 11.7. The second-order valence-corrected chi connectivity index (χ2v) is 8.77. The molecule has 0 saturated carbocycles. The Labute approximate surface area is 191 Å². The third-order valence-corrected chi connectivity index (χ3v) is 6.40. The van der Waals surface area contributed by atoms with E-state index in [0.29, 0.717) is 47.3 Å². The number of rotatable bonds is 6. The number of hydrogen-bond donors (Lipinski definition) is 0. The summed E-state index contributed by atoms with van der Waals surface area (Å²) in [5.41, 5.74) is 2.19. The molecule has 0 unspecified atom stereocenters. The average Bonchev–Trinajstić information content (AvgIpc) is 3.03. The molecule has 0 bridgehead atoms. The van der Waals surface area contributed by atoms with Gasteiger partial charge in [-0.3, -0.25) is 24.6 Å². The molecule has 32 heavy (non-hydrogen) atoms. The van der Waals surface area contributed by atoms with Crippen molar-refractivity contribution in [2.75, 3.05) is 19.6 Å². The number of carbonyl (C=O) groups is 2. The standard InChI is InChI=1S/C24H24ClN3O4/c1-16-10-13-26(14-11-16)22-21(18-4-8-20(9-5-18)28(31)32)23(29)27(24(22)30)15-12-17-2-6-19(25)7-3-17/h2-9,16H,10-15H2,1H3. The number of imide groups is 1. The molecule has 0 N–H and O–H groups in total. The summed E-state index contributed by atoms with van der Waals surface area (Å²) in [6.45, 7) is 3.85. The molecular formula is C24H24ClN3O4. The number of non-ortho nitro benzene ring substituents is 1. The van der Waals surface area contributed by atoms with E-state index in [2.05, 4.69) is 6.92 Å². The lowest BCUT2D eigenvalue weighted by atomic mass is 9.97. The van der Waals surface area contributed by atoms with E-state index in [1.54, 1.807) is 24.3 Å². The average molecular weight is 454 g/mol. The summed E-state index contributed by atoms with van der Waals surface area (Å²) >= 11 is 5.95. The van der Waals surface area contributed by atoms with Crippen molar-refractivity contribution in [2.45, 2.75) is 26.2 Å². The minimum absolute atomic E-state index is 0.0564. The first-order valence-corrected chi connectivity index (χ1v) is 11.1. The maximum atomic E-state index is 13.4. The monoisotopic (exact) mass is 453 g/mol. The van der Waals surface area contributed by atoms with Crippen LogP contribution in [0, 0.1) is 16.0 Å². The van der Waals surface area contributed by atoms with E-state index in [-0.39, 0.29) is 24.0 Å². The molecule has 1 saturated heterocycles. The molecule has 2 aliphatic heterocycles. The Kier molecular flexibility index (Phi) is 6.28. The normalized spacial score (nSPS) is 17.4. The first-order valence-electron chi connectivity index (χ1n) is 10.7. The number of amides is 2. The van der Waals surface area contributed by atoms with E-state index >= 15 is 0 Å². The minimum atomic E-state index is -0.481. The van der Waals surface area contributed by atoms with Gasteiger partial charge in [0.15, 0.2) is 0 Å². The second kappa shape index (κ2) is 9.12. The van der Waals surface area contributed by atoms with Crippen LogP contribution in [-0.2, 0) is 16.0 Å². The summed E-state index contributed by atoms with van der Waals surface area (Å²) in [6, 6.07) is 13.2. The molecule has 2 aromatic carbocycles. The quantitative estimate of drug-likeness (QED) is 0.370. The Morgan fingerprint density at radius 3 is 2.22 bits per heavy atom. The van der Waals surface area contributed by atoms with Crippen LogP contribution in [0.2, 0.25) is 5.02 Å². The van der Waals surface area contributed by atoms with Crippen molar-refractivity contribution in [1.82, 2.24) is 9.80 Å².